The van der Waals surface area contributed by atoms with Gasteiger partial charge in [-0.25, -0.2) is 9.78 Å². The van der Waals surface area contributed by atoms with E-state index in [1.165, 1.54) is 18.9 Å². The SMILES string of the molecule is COC(=O)c1sc(Sc2nnc(-c3ccoc3C)n2C)nc1Cl. The summed E-state index contributed by atoms with van der Waals surface area (Å²) in [5.74, 6) is 0.948. The molecule has 0 aliphatic rings. The minimum atomic E-state index is -0.507. The molecule has 0 aliphatic heterocycles. The monoisotopic (exact) mass is 370 g/mol. The Bertz CT molecular complexity index is 871. The van der Waals surface area contributed by atoms with Crippen molar-refractivity contribution in [3.05, 3.63) is 28.1 Å². The quantitative estimate of drug-likeness (QED) is 0.650. The molecule has 0 saturated carbocycles. The molecule has 0 unspecified atom stereocenters. The van der Waals surface area contributed by atoms with Gasteiger partial charge in [-0.1, -0.05) is 22.9 Å². The van der Waals surface area contributed by atoms with Gasteiger partial charge in [0.2, 0.25) is 0 Å². The maximum atomic E-state index is 11.6. The largest absolute Gasteiger partial charge is 0.469 e. The number of hydrogen-bond donors (Lipinski definition) is 0. The number of carbonyl (C=O) groups is 1. The number of aryl methyl sites for hydroxylation is 1. The van der Waals surface area contributed by atoms with Gasteiger partial charge in [0.15, 0.2) is 25.4 Å². The third-order valence-electron chi connectivity index (χ3n) is 3.05. The van der Waals surface area contributed by atoms with Gasteiger partial charge in [-0.05, 0) is 24.8 Å². The molecule has 0 spiro atoms. The lowest BCUT2D eigenvalue weighted by molar-refractivity contribution is 0.0606. The van der Waals surface area contributed by atoms with Crippen LogP contribution in [0.5, 0.6) is 0 Å². The molecule has 3 heterocycles. The van der Waals surface area contributed by atoms with E-state index in [1.54, 1.807) is 6.26 Å². The number of methoxy groups -OCH3 is 1. The van der Waals surface area contributed by atoms with Gasteiger partial charge in [0, 0.05) is 7.05 Å². The summed E-state index contributed by atoms with van der Waals surface area (Å²) in [7, 11) is 3.15. The highest BCUT2D eigenvalue weighted by atomic mass is 35.5. The number of ether oxygens (including phenoxy) is 1. The van der Waals surface area contributed by atoms with Crippen molar-refractivity contribution in [3.63, 3.8) is 0 Å². The summed E-state index contributed by atoms with van der Waals surface area (Å²) in [5.41, 5.74) is 0.874. The molecule has 0 radical (unpaired) electrons. The second kappa shape index (κ2) is 6.34. The molecule has 0 bridgehead atoms. The molecule has 0 atom stereocenters. The van der Waals surface area contributed by atoms with Crippen LogP contribution in [0.4, 0.5) is 0 Å². The lowest BCUT2D eigenvalue weighted by Crippen LogP contribution is -1.98. The molecule has 0 aromatic carbocycles. The third kappa shape index (κ3) is 2.99. The van der Waals surface area contributed by atoms with Crippen molar-refractivity contribution >= 4 is 40.7 Å². The van der Waals surface area contributed by atoms with Crippen LogP contribution in [-0.4, -0.2) is 32.8 Å². The topological polar surface area (TPSA) is 83.0 Å². The fourth-order valence-electron chi connectivity index (χ4n) is 1.88. The molecule has 3 aromatic rings. The van der Waals surface area contributed by atoms with Crippen LogP contribution >= 0.6 is 34.7 Å². The lowest BCUT2D eigenvalue weighted by atomic mass is 10.2. The van der Waals surface area contributed by atoms with E-state index in [4.69, 9.17) is 16.0 Å². The predicted molar refractivity (Wildman–Crippen MR) is 86.0 cm³/mol. The van der Waals surface area contributed by atoms with Gasteiger partial charge < -0.3 is 13.7 Å². The van der Waals surface area contributed by atoms with Crippen molar-refractivity contribution in [2.45, 2.75) is 16.4 Å². The van der Waals surface area contributed by atoms with E-state index in [0.717, 1.165) is 22.7 Å². The normalized spacial score (nSPS) is 11.0. The molecule has 0 amide bonds. The zero-order chi connectivity index (χ0) is 16.6. The van der Waals surface area contributed by atoms with E-state index >= 15 is 0 Å². The highest BCUT2D eigenvalue weighted by Crippen LogP contribution is 2.35. The average Bonchev–Trinajstić information content (AvgIpc) is 3.20. The fourth-order valence-corrected chi connectivity index (χ4v) is 4.10. The Balaban J connectivity index is 1.89. The van der Waals surface area contributed by atoms with Crippen LogP contribution in [-0.2, 0) is 11.8 Å². The number of furan rings is 1. The van der Waals surface area contributed by atoms with Crippen LogP contribution < -0.4 is 0 Å². The second-order valence-corrected chi connectivity index (χ2v) is 7.02. The predicted octanol–water partition coefficient (Wildman–Crippen LogP) is 3.43. The lowest BCUT2D eigenvalue weighted by Gasteiger charge is -2.01. The van der Waals surface area contributed by atoms with Crippen molar-refractivity contribution < 1.29 is 13.9 Å². The maximum absolute atomic E-state index is 11.6. The van der Waals surface area contributed by atoms with Gasteiger partial charge in [0.1, 0.15) is 5.76 Å². The van der Waals surface area contributed by atoms with Crippen LogP contribution in [0.3, 0.4) is 0 Å². The standard InChI is InChI=1S/C13H11ClN4O3S2/c1-6-7(4-5-21-6)10-16-17-12(18(10)2)23-13-15-9(14)8(22-13)11(19)20-3/h4-5H,1-3H3. The van der Waals surface area contributed by atoms with E-state index in [-0.39, 0.29) is 10.0 Å². The first-order valence-electron chi connectivity index (χ1n) is 6.37. The number of nitrogens with zero attached hydrogens (tertiary/aromatic N) is 4. The zero-order valence-corrected chi connectivity index (χ0v) is 14.8. The summed E-state index contributed by atoms with van der Waals surface area (Å²) >= 11 is 8.39. The first-order valence-corrected chi connectivity index (χ1v) is 8.38. The van der Waals surface area contributed by atoms with Crippen LogP contribution in [0.2, 0.25) is 5.15 Å². The number of hydrogen-bond acceptors (Lipinski definition) is 8. The molecule has 10 heteroatoms. The van der Waals surface area contributed by atoms with Crippen LogP contribution in [0.25, 0.3) is 11.4 Å². The summed E-state index contributed by atoms with van der Waals surface area (Å²) in [4.78, 5) is 16.0. The first-order chi connectivity index (χ1) is 11.0. The number of esters is 1. The first kappa shape index (κ1) is 16.0. The van der Waals surface area contributed by atoms with E-state index in [1.807, 2.05) is 24.6 Å². The molecule has 120 valence electrons. The number of thiazole rings is 1. The van der Waals surface area contributed by atoms with E-state index in [9.17, 15) is 4.79 Å². The smallest absolute Gasteiger partial charge is 0.351 e. The van der Waals surface area contributed by atoms with Gasteiger partial charge >= 0.3 is 5.97 Å². The Hall–Kier alpha value is -1.84. The molecule has 3 aromatic heterocycles. The van der Waals surface area contributed by atoms with Gasteiger partial charge in [-0.3, -0.25) is 0 Å². The van der Waals surface area contributed by atoms with Crippen molar-refractivity contribution in [2.24, 2.45) is 7.05 Å². The molecule has 0 N–H and O–H groups in total. The molecule has 0 fully saturated rings. The summed E-state index contributed by atoms with van der Waals surface area (Å²) < 4.78 is 12.4. The van der Waals surface area contributed by atoms with Crippen LogP contribution in [0.15, 0.2) is 26.2 Å². The number of halogens is 1. The summed E-state index contributed by atoms with van der Waals surface area (Å²) in [6.45, 7) is 1.86. The van der Waals surface area contributed by atoms with Crippen molar-refractivity contribution in [2.75, 3.05) is 7.11 Å². The summed E-state index contributed by atoms with van der Waals surface area (Å²) in [6, 6.07) is 1.84. The average molecular weight is 371 g/mol. The van der Waals surface area contributed by atoms with E-state index in [0.29, 0.717) is 15.3 Å². The zero-order valence-electron chi connectivity index (χ0n) is 12.4. The molecule has 23 heavy (non-hydrogen) atoms. The molecule has 0 aliphatic carbocycles. The van der Waals surface area contributed by atoms with Gasteiger partial charge in [-0.2, -0.15) is 0 Å². The molecular weight excluding hydrogens is 360 g/mol. The van der Waals surface area contributed by atoms with Gasteiger partial charge in [-0.15, -0.1) is 10.2 Å². The van der Waals surface area contributed by atoms with Crippen LogP contribution in [0.1, 0.15) is 15.4 Å². The summed E-state index contributed by atoms with van der Waals surface area (Å²) in [6.07, 6.45) is 1.61. The maximum Gasteiger partial charge on any atom is 0.351 e. The molecule has 7 nitrogen and oxygen atoms in total. The van der Waals surface area contributed by atoms with Gasteiger partial charge in [0.25, 0.3) is 0 Å². The molecular formula is C13H11ClN4O3S2. The second-order valence-electron chi connectivity index (χ2n) is 4.45. The third-order valence-corrected chi connectivity index (χ3v) is 5.57. The number of carbonyl (C=O) groups excluding carboxylic acids is 1. The minimum Gasteiger partial charge on any atom is -0.469 e. The highest BCUT2D eigenvalue weighted by Gasteiger charge is 2.20. The molecule has 0 saturated heterocycles. The minimum absolute atomic E-state index is 0.123. The Morgan fingerprint density at radius 3 is 2.91 bits per heavy atom. The Morgan fingerprint density at radius 2 is 2.26 bits per heavy atom. The fraction of sp³-hybridized carbons (Fsp3) is 0.231. The van der Waals surface area contributed by atoms with E-state index in [2.05, 4.69) is 19.9 Å². The molecule has 3 rings (SSSR count). The summed E-state index contributed by atoms with van der Waals surface area (Å²) in [5, 5.41) is 9.08. The number of rotatable bonds is 4. The van der Waals surface area contributed by atoms with E-state index < -0.39 is 5.97 Å². The van der Waals surface area contributed by atoms with Crippen molar-refractivity contribution in [1.29, 1.82) is 0 Å². The van der Waals surface area contributed by atoms with Crippen molar-refractivity contribution in [3.8, 4) is 11.4 Å². The number of aromatic nitrogens is 4. The highest BCUT2D eigenvalue weighted by molar-refractivity contribution is 8.00. The van der Waals surface area contributed by atoms with Gasteiger partial charge in [0.05, 0.1) is 18.9 Å². The van der Waals surface area contributed by atoms with Crippen LogP contribution in [0, 0.1) is 6.92 Å². The van der Waals surface area contributed by atoms with Crippen molar-refractivity contribution in [1.82, 2.24) is 19.7 Å². The Labute approximate surface area is 144 Å². The Kier molecular flexibility index (Phi) is 4.42. The Morgan fingerprint density at radius 1 is 1.48 bits per heavy atom.